The van der Waals surface area contributed by atoms with E-state index in [1.54, 1.807) is 18.2 Å². The van der Waals surface area contributed by atoms with Gasteiger partial charge in [-0.15, -0.1) is 0 Å². The van der Waals surface area contributed by atoms with Crippen LogP contribution in [0.25, 0.3) is 22.3 Å². The van der Waals surface area contributed by atoms with Gasteiger partial charge < -0.3 is 33.9 Å². The third kappa shape index (κ3) is 3.67. The predicted molar refractivity (Wildman–Crippen MR) is 125 cm³/mol. The van der Waals surface area contributed by atoms with Crippen LogP contribution in [0.4, 0.5) is 0 Å². The van der Waals surface area contributed by atoms with E-state index in [1.807, 2.05) is 0 Å². The summed E-state index contributed by atoms with van der Waals surface area (Å²) in [7, 11) is 2.84. The first kappa shape index (κ1) is 22.1. The molecule has 0 amide bonds. The highest BCUT2D eigenvalue weighted by Crippen LogP contribution is 2.47. The zero-order chi connectivity index (χ0) is 24.9. The number of hydrogen-bond donors (Lipinski definition) is 3. The number of phenolic OH excluding ortho intramolecular Hbond substituents is 3. The molecule has 5 rings (SSSR count). The van der Waals surface area contributed by atoms with Gasteiger partial charge in [0.1, 0.15) is 28.2 Å². The molecule has 9 heteroatoms. The molecule has 0 fully saturated rings. The Morgan fingerprint density at radius 2 is 1.54 bits per heavy atom. The SMILES string of the molecule is COc1ccc(-c2cc(=O)c3c(O)cc4c(c3o2)[C@@H](c2ccc(OC)c(O)c2)CC(=O)O4)cc1O. The van der Waals surface area contributed by atoms with Crippen LogP contribution in [0, 0.1) is 0 Å². The lowest BCUT2D eigenvalue weighted by Gasteiger charge is -2.26. The highest BCUT2D eigenvalue weighted by molar-refractivity contribution is 5.93. The van der Waals surface area contributed by atoms with Gasteiger partial charge in [0.25, 0.3) is 0 Å². The summed E-state index contributed by atoms with van der Waals surface area (Å²) in [6.45, 7) is 0. The summed E-state index contributed by atoms with van der Waals surface area (Å²) >= 11 is 0. The minimum absolute atomic E-state index is 0.0330. The van der Waals surface area contributed by atoms with Crippen LogP contribution < -0.4 is 19.6 Å². The molecule has 1 aromatic heterocycles. The molecule has 35 heavy (non-hydrogen) atoms. The topological polar surface area (TPSA) is 136 Å². The second-order valence-electron chi connectivity index (χ2n) is 8.04. The Bertz CT molecular complexity index is 1550. The number of aromatic hydroxyl groups is 3. The van der Waals surface area contributed by atoms with Gasteiger partial charge in [0.05, 0.1) is 20.6 Å². The van der Waals surface area contributed by atoms with Gasteiger partial charge in [-0.2, -0.15) is 0 Å². The first-order valence-corrected chi connectivity index (χ1v) is 10.6. The van der Waals surface area contributed by atoms with Crippen molar-refractivity contribution in [3.05, 3.63) is 69.9 Å². The van der Waals surface area contributed by atoms with Gasteiger partial charge in [-0.25, -0.2) is 0 Å². The summed E-state index contributed by atoms with van der Waals surface area (Å²) in [5.74, 6) is -1.18. The van der Waals surface area contributed by atoms with Crippen LogP contribution in [-0.2, 0) is 4.79 Å². The Balaban J connectivity index is 1.78. The van der Waals surface area contributed by atoms with E-state index in [2.05, 4.69) is 0 Å². The molecule has 178 valence electrons. The number of hydrogen-bond acceptors (Lipinski definition) is 9. The zero-order valence-electron chi connectivity index (χ0n) is 18.7. The monoisotopic (exact) mass is 476 g/mol. The summed E-state index contributed by atoms with van der Waals surface area (Å²) < 4.78 is 21.7. The van der Waals surface area contributed by atoms with E-state index in [0.717, 1.165) is 0 Å². The van der Waals surface area contributed by atoms with E-state index < -0.39 is 23.1 Å². The van der Waals surface area contributed by atoms with Gasteiger partial charge in [0.2, 0.25) is 0 Å². The maximum atomic E-state index is 13.1. The normalized spacial score (nSPS) is 14.9. The molecule has 0 saturated carbocycles. The molecule has 0 unspecified atom stereocenters. The maximum Gasteiger partial charge on any atom is 0.312 e. The van der Waals surface area contributed by atoms with Crippen molar-refractivity contribution < 1.29 is 38.7 Å². The summed E-state index contributed by atoms with van der Waals surface area (Å²) in [6.07, 6.45) is -0.0874. The third-order valence-corrected chi connectivity index (χ3v) is 5.99. The number of esters is 1. The molecule has 3 aromatic carbocycles. The maximum absolute atomic E-state index is 13.1. The van der Waals surface area contributed by atoms with Crippen molar-refractivity contribution in [2.75, 3.05) is 14.2 Å². The number of fused-ring (bicyclic) bond motifs is 3. The van der Waals surface area contributed by atoms with Crippen LogP contribution in [-0.4, -0.2) is 35.5 Å². The largest absolute Gasteiger partial charge is 0.507 e. The molecule has 1 aliphatic heterocycles. The average Bonchev–Trinajstić information content (AvgIpc) is 2.82. The fourth-order valence-corrected chi connectivity index (χ4v) is 4.35. The molecule has 9 nitrogen and oxygen atoms in total. The van der Waals surface area contributed by atoms with Crippen molar-refractivity contribution in [1.29, 1.82) is 0 Å². The number of methoxy groups -OCH3 is 2. The van der Waals surface area contributed by atoms with Gasteiger partial charge in [0.15, 0.2) is 28.4 Å². The number of rotatable bonds is 4. The molecule has 1 atom stereocenters. The number of carbonyl (C=O) groups is 1. The minimum Gasteiger partial charge on any atom is -0.507 e. The van der Waals surface area contributed by atoms with Gasteiger partial charge >= 0.3 is 5.97 Å². The van der Waals surface area contributed by atoms with Crippen molar-refractivity contribution in [3.63, 3.8) is 0 Å². The van der Waals surface area contributed by atoms with Crippen molar-refractivity contribution in [2.24, 2.45) is 0 Å². The van der Waals surface area contributed by atoms with Crippen LogP contribution in [0.2, 0.25) is 0 Å². The van der Waals surface area contributed by atoms with E-state index in [9.17, 15) is 24.9 Å². The van der Waals surface area contributed by atoms with Gasteiger partial charge in [-0.3, -0.25) is 9.59 Å². The molecule has 2 heterocycles. The second-order valence-corrected chi connectivity index (χ2v) is 8.04. The molecule has 1 aliphatic rings. The number of benzene rings is 3. The summed E-state index contributed by atoms with van der Waals surface area (Å²) in [5.41, 5.74) is 0.837. The van der Waals surface area contributed by atoms with Crippen LogP contribution in [0.5, 0.6) is 34.5 Å². The van der Waals surface area contributed by atoms with Crippen molar-refractivity contribution in [1.82, 2.24) is 0 Å². The predicted octanol–water partition coefficient (Wildman–Crippen LogP) is 4.04. The number of phenols is 3. The molecular weight excluding hydrogens is 456 g/mol. The average molecular weight is 476 g/mol. The lowest BCUT2D eigenvalue weighted by atomic mass is 9.85. The van der Waals surface area contributed by atoms with Crippen LogP contribution in [0.15, 0.2) is 57.7 Å². The summed E-state index contributed by atoms with van der Waals surface area (Å²) in [4.78, 5) is 25.5. The lowest BCUT2D eigenvalue weighted by molar-refractivity contribution is -0.135. The third-order valence-electron chi connectivity index (χ3n) is 5.99. The zero-order valence-corrected chi connectivity index (χ0v) is 18.7. The standard InChI is InChI=1S/C26H20O9/c1-32-19-5-3-12(7-15(19)27)14-9-23(31)34-22-11-18(30)25-17(29)10-21(35-26(25)24(14)22)13-4-6-20(33-2)16(28)8-13/h3-8,10-11,14,27-28,30H,9H2,1-2H3/t14-/m1/s1. The first-order valence-electron chi connectivity index (χ1n) is 10.6. The Hall–Kier alpha value is -4.66. The Morgan fingerprint density at radius 3 is 2.20 bits per heavy atom. The smallest absolute Gasteiger partial charge is 0.312 e. The van der Waals surface area contributed by atoms with E-state index in [-0.39, 0.29) is 51.9 Å². The van der Waals surface area contributed by atoms with Crippen molar-refractivity contribution in [2.45, 2.75) is 12.3 Å². The Labute approximate surface area is 198 Å². The molecule has 0 radical (unpaired) electrons. The number of carbonyl (C=O) groups excluding carboxylic acids is 1. The Morgan fingerprint density at radius 1 is 0.857 bits per heavy atom. The molecule has 0 saturated heterocycles. The van der Waals surface area contributed by atoms with E-state index in [4.69, 9.17) is 18.6 Å². The minimum atomic E-state index is -0.645. The highest BCUT2D eigenvalue weighted by atomic mass is 16.5. The van der Waals surface area contributed by atoms with Crippen LogP contribution in [0.3, 0.4) is 0 Å². The van der Waals surface area contributed by atoms with Crippen LogP contribution in [0.1, 0.15) is 23.5 Å². The molecule has 0 aliphatic carbocycles. The Kier molecular flexibility index (Phi) is 5.24. The number of ether oxygens (including phenoxy) is 3. The second kappa shape index (κ2) is 8.28. The molecular formula is C26H20O9. The molecule has 0 spiro atoms. The van der Waals surface area contributed by atoms with Crippen LogP contribution >= 0.6 is 0 Å². The van der Waals surface area contributed by atoms with Crippen molar-refractivity contribution in [3.8, 4) is 45.8 Å². The fraction of sp³-hybridized carbons (Fsp3) is 0.154. The van der Waals surface area contributed by atoms with E-state index >= 15 is 0 Å². The van der Waals surface area contributed by atoms with Gasteiger partial charge in [0, 0.05) is 29.2 Å². The quantitative estimate of drug-likeness (QED) is 0.295. The lowest BCUT2D eigenvalue weighted by Crippen LogP contribution is -2.22. The molecule has 3 N–H and O–H groups in total. The van der Waals surface area contributed by atoms with Gasteiger partial charge in [-0.1, -0.05) is 6.07 Å². The van der Waals surface area contributed by atoms with Gasteiger partial charge in [-0.05, 0) is 35.9 Å². The highest BCUT2D eigenvalue weighted by Gasteiger charge is 2.34. The van der Waals surface area contributed by atoms with Crippen molar-refractivity contribution >= 4 is 16.9 Å². The van der Waals surface area contributed by atoms with E-state index in [0.29, 0.717) is 16.7 Å². The first-order chi connectivity index (χ1) is 16.8. The molecule has 0 bridgehead atoms. The molecule has 4 aromatic rings. The summed E-state index contributed by atoms with van der Waals surface area (Å²) in [6, 6.07) is 11.7. The summed E-state index contributed by atoms with van der Waals surface area (Å²) in [5, 5.41) is 31.0. The fourth-order valence-electron chi connectivity index (χ4n) is 4.35. The van der Waals surface area contributed by atoms with E-state index in [1.165, 1.54) is 44.6 Å².